The first kappa shape index (κ1) is 24.5. The fourth-order valence-electron chi connectivity index (χ4n) is 3.38. The van der Waals surface area contributed by atoms with Crippen molar-refractivity contribution in [3.05, 3.63) is 53.6 Å². The topological polar surface area (TPSA) is 34.0 Å². The molecule has 0 saturated heterocycles. The van der Waals surface area contributed by atoms with Crippen LogP contribution in [0.4, 0.5) is 11.4 Å². The number of aryl methyl sites for hydroxylation is 2. The maximum Gasteiger partial charge on any atom is 0.122 e. The summed E-state index contributed by atoms with van der Waals surface area (Å²) in [7, 11) is 0. The zero-order chi connectivity index (χ0) is 21.4. The number of thiol groups is 1. The molecule has 0 amide bonds. The summed E-state index contributed by atoms with van der Waals surface area (Å²) in [6.45, 7) is 5.07. The summed E-state index contributed by atoms with van der Waals surface area (Å²) >= 11 is 4.24. The predicted molar refractivity (Wildman–Crippen MR) is 132 cm³/mol. The SMILES string of the molecule is CCCCCCCCc1ccc(N=Nc2ccc(OCCCCCS)c(C)c2)cc1. The molecule has 0 bridgehead atoms. The van der Waals surface area contributed by atoms with Crippen LogP contribution in [0, 0.1) is 6.92 Å². The molecule has 0 N–H and O–H groups in total. The van der Waals surface area contributed by atoms with Gasteiger partial charge in [0, 0.05) is 0 Å². The number of hydrogen-bond donors (Lipinski definition) is 1. The molecule has 2 rings (SSSR count). The Kier molecular flexibility index (Phi) is 12.3. The van der Waals surface area contributed by atoms with E-state index < -0.39 is 0 Å². The quantitative estimate of drug-likeness (QED) is 0.172. The largest absolute Gasteiger partial charge is 0.493 e. The fraction of sp³-hybridized carbons (Fsp3) is 0.538. The molecule has 0 aliphatic carbocycles. The predicted octanol–water partition coefficient (Wildman–Crippen LogP) is 8.79. The summed E-state index contributed by atoms with van der Waals surface area (Å²) < 4.78 is 5.88. The molecule has 4 heteroatoms. The number of rotatable bonds is 15. The van der Waals surface area contributed by atoms with Crippen molar-refractivity contribution in [3.63, 3.8) is 0 Å². The second kappa shape index (κ2) is 15.1. The molecule has 0 spiro atoms. The van der Waals surface area contributed by atoms with E-state index in [0.29, 0.717) is 0 Å². The molecule has 0 atom stereocenters. The highest BCUT2D eigenvalue weighted by Crippen LogP contribution is 2.26. The second-order valence-electron chi connectivity index (χ2n) is 7.97. The monoisotopic (exact) mass is 426 g/mol. The molecule has 2 aromatic carbocycles. The first-order valence-corrected chi connectivity index (χ1v) is 12.2. The van der Waals surface area contributed by atoms with Crippen LogP contribution >= 0.6 is 12.6 Å². The van der Waals surface area contributed by atoms with Crippen molar-refractivity contribution in [1.82, 2.24) is 0 Å². The van der Waals surface area contributed by atoms with Crippen LogP contribution in [0.3, 0.4) is 0 Å². The van der Waals surface area contributed by atoms with Crippen molar-refractivity contribution >= 4 is 24.0 Å². The highest BCUT2D eigenvalue weighted by molar-refractivity contribution is 7.80. The molecule has 164 valence electrons. The van der Waals surface area contributed by atoms with E-state index in [1.54, 1.807) is 0 Å². The Morgan fingerprint density at radius 3 is 2.17 bits per heavy atom. The van der Waals surface area contributed by atoms with Gasteiger partial charge in [0.05, 0.1) is 18.0 Å². The Bertz CT molecular complexity index is 743. The van der Waals surface area contributed by atoms with Gasteiger partial charge in [0.25, 0.3) is 0 Å². The van der Waals surface area contributed by atoms with E-state index >= 15 is 0 Å². The summed E-state index contributed by atoms with van der Waals surface area (Å²) in [6, 6.07) is 14.5. The zero-order valence-corrected chi connectivity index (χ0v) is 19.7. The summed E-state index contributed by atoms with van der Waals surface area (Å²) in [5.41, 5.74) is 4.22. The number of ether oxygens (including phenoxy) is 1. The average Bonchev–Trinajstić information content (AvgIpc) is 2.76. The fourth-order valence-corrected chi connectivity index (χ4v) is 3.61. The molecule has 0 saturated carbocycles. The van der Waals surface area contributed by atoms with Crippen LogP contribution in [0.15, 0.2) is 52.7 Å². The van der Waals surface area contributed by atoms with E-state index in [9.17, 15) is 0 Å². The van der Waals surface area contributed by atoms with Gasteiger partial charge in [-0.05, 0) is 86.2 Å². The number of azo groups is 1. The maximum absolute atomic E-state index is 5.88. The van der Waals surface area contributed by atoms with Crippen LogP contribution in [0.5, 0.6) is 5.75 Å². The summed E-state index contributed by atoms with van der Waals surface area (Å²) in [4.78, 5) is 0. The Morgan fingerprint density at radius 2 is 1.43 bits per heavy atom. The van der Waals surface area contributed by atoms with E-state index in [1.807, 2.05) is 18.2 Å². The second-order valence-corrected chi connectivity index (χ2v) is 8.41. The van der Waals surface area contributed by atoms with Crippen molar-refractivity contribution in [3.8, 4) is 5.75 Å². The third kappa shape index (κ3) is 9.80. The molecule has 0 aliphatic heterocycles. The van der Waals surface area contributed by atoms with Crippen LogP contribution in [0.2, 0.25) is 0 Å². The van der Waals surface area contributed by atoms with Crippen LogP contribution in [-0.4, -0.2) is 12.4 Å². The lowest BCUT2D eigenvalue weighted by molar-refractivity contribution is 0.304. The van der Waals surface area contributed by atoms with E-state index in [-0.39, 0.29) is 0 Å². The molecular weight excluding hydrogens is 388 g/mol. The van der Waals surface area contributed by atoms with Gasteiger partial charge >= 0.3 is 0 Å². The third-order valence-corrected chi connectivity index (χ3v) is 5.57. The molecule has 30 heavy (non-hydrogen) atoms. The van der Waals surface area contributed by atoms with E-state index in [1.165, 1.54) is 44.1 Å². The minimum Gasteiger partial charge on any atom is -0.493 e. The normalized spacial score (nSPS) is 11.3. The Balaban J connectivity index is 1.77. The molecule has 0 aliphatic rings. The van der Waals surface area contributed by atoms with Gasteiger partial charge in [-0.15, -0.1) is 0 Å². The van der Waals surface area contributed by atoms with Gasteiger partial charge in [0.2, 0.25) is 0 Å². The minimum atomic E-state index is 0.751. The highest BCUT2D eigenvalue weighted by atomic mass is 32.1. The zero-order valence-electron chi connectivity index (χ0n) is 18.8. The van der Waals surface area contributed by atoms with Gasteiger partial charge < -0.3 is 4.74 Å². The number of benzene rings is 2. The van der Waals surface area contributed by atoms with Crippen molar-refractivity contribution in [2.45, 2.75) is 78.1 Å². The molecule has 3 nitrogen and oxygen atoms in total. The van der Waals surface area contributed by atoms with Crippen molar-refractivity contribution in [2.24, 2.45) is 10.2 Å². The Hall–Kier alpha value is -1.81. The van der Waals surface area contributed by atoms with Gasteiger partial charge in [0.15, 0.2) is 0 Å². The number of unbranched alkanes of at least 4 members (excludes halogenated alkanes) is 7. The van der Waals surface area contributed by atoms with Crippen molar-refractivity contribution < 1.29 is 4.74 Å². The summed E-state index contributed by atoms with van der Waals surface area (Å²) in [5.74, 6) is 1.87. The van der Waals surface area contributed by atoms with E-state index in [2.05, 4.69) is 61.0 Å². The lowest BCUT2D eigenvalue weighted by Crippen LogP contribution is -1.98. The van der Waals surface area contributed by atoms with Crippen LogP contribution in [-0.2, 0) is 6.42 Å². The molecule has 0 unspecified atom stereocenters. The lowest BCUT2D eigenvalue weighted by atomic mass is 10.0. The highest BCUT2D eigenvalue weighted by Gasteiger charge is 2.02. The molecule has 0 heterocycles. The van der Waals surface area contributed by atoms with Gasteiger partial charge in [-0.2, -0.15) is 22.9 Å². The number of nitrogens with zero attached hydrogens (tertiary/aromatic N) is 2. The van der Waals surface area contributed by atoms with Crippen LogP contribution in [0.1, 0.15) is 75.8 Å². The lowest BCUT2D eigenvalue weighted by Gasteiger charge is -2.09. The molecular formula is C26H38N2OS. The first-order valence-electron chi connectivity index (χ1n) is 11.6. The number of hydrogen-bond acceptors (Lipinski definition) is 4. The molecule has 0 aromatic heterocycles. The average molecular weight is 427 g/mol. The first-order chi connectivity index (χ1) is 14.7. The Morgan fingerprint density at radius 1 is 0.767 bits per heavy atom. The third-order valence-electron chi connectivity index (χ3n) is 5.25. The van der Waals surface area contributed by atoms with E-state index in [4.69, 9.17) is 4.74 Å². The molecule has 2 aromatic rings. The standard InChI is InChI=1S/C26H38N2OS/c1-3-4-5-6-7-9-12-23-13-15-24(16-14-23)27-28-25-17-18-26(22(2)21-25)29-19-10-8-11-20-30/h13-18,21,30H,3-12,19-20H2,1-2H3. The molecule has 0 fully saturated rings. The smallest absolute Gasteiger partial charge is 0.122 e. The maximum atomic E-state index is 5.88. The summed E-state index contributed by atoms with van der Waals surface area (Å²) in [5, 5.41) is 8.79. The Labute approximate surface area is 188 Å². The van der Waals surface area contributed by atoms with Gasteiger partial charge in [-0.25, -0.2) is 0 Å². The minimum absolute atomic E-state index is 0.751. The van der Waals surface area contributed by atoms with Gasteiger partial charge in [0.1, 0.15) is 5.75 Å². The van der Waals surface area contributed by atoms with Crippen LogP contribution in [0.25, 0.3) is 0 Å². The van der Waals surface area contributed by atoms with Crippen LogP contribution < -0.4 is 4.74 Å². The van der Waals surface area contributed by atoms with Crippen molar-refractivity contribution in [1.29, 1.82) is 0 Å². The molecule has 0 radical (unpaired) electrons. The van der Waals surface area contributed by atoms with E-state index in [0.717, 1.165) is 60.7 Å². The summed E-state index contributed by atoms with van der Waals surface area (Å²) in [6.07, 6.45) is 12.5. The van der Waals surface area contributed by atoms with Crippen molar-refractivity contribution in [2.75, 3.05) is 12.4 Å². The van der Waals surface area contributed by atoms with Gasteiger partial charge in [-0.1, -0.05) is 51.2 Å². The van der Waals surface area contributed by atoms with Gasteiger partial charge in [-0.3, -0.25) is 0 Å².